The summed E-state index contributed by atoms with van der Waals surface area (Å²) in [5, 5.41) is 0. The van der Waals surface area contributed by atoms with Crippen LogP contribution in [0, 0.1) is 0 Å². The molecule has 92 valence electrons. The topological polar surface area (TPSA) is 81.6 Å². The minimum absolute atomic E-state index is 0.0878. The second kappa shape index (κ2) is 5.05. The van der Waals surface area contributed by atoms with Gasteiger partial charge in [-0.15, -0.1) is 0 Å². The molecular formula is C12H17N3O2. The van der Waals surface area contributed by atoms with Gasteiger partial charge in [-0.2, -0.15) is 0 Å². The van der Waals surface area contributed by atoms with Crippen molar-refractivity contribution < 1.29 is 9.53 Å². The summed E-state index contributed by atoms with van der Waals surface area (Å²) >= 11 is 0. The summed E-state index contributed by atoms with van der Waals surface area (Å²) in [6, 6.07) is 5.25. The van der Waals surface area contributed by atoms with E-state index in [4.69, 9.17) is 16.2 Å². The van der Waals surface area contributed by atoms with Crippen molar-refractivity contribution in [3.63, 3.8) is 0 Å². The number of ether oxygens (including phenoxy) is 1. The molecule has 0 atom stereocenters. The summed E-state index contributed by atoms with van der Waals surface area (Å²) in [5.41, 5.74) is 13.5. The largest absolute Gasteiger partial charge is 0.399 e. The molecule has 0 saturated carbocycles. The predicted octanol–water partition coefficient (Wildman–Crippen LogP) is 0.252. The third-order valence-electron chi connectivity index (χ3n) is 2.88. The zero-order valence-corrected chi connectivity index (χ0v) is 9.69. The fourth-order valence-electron chi connectivity index (χ4n) is 1.86. The summed E-state index contributed by atoms with van der Waals surface area (Å²) in [5.74, 6) is 0.0878. The van der Waals surface area contributed by atoms with Crippen molar-refractivity contribution in [1.82, 2.24) is 4.90 Å². The van der Waals surface area contributed by atoms with Gasteiger partial charge in [0, 0.05) is 24.5 Å². The maximum absolute atomic E-state index is 12.0. The minimum Gasteiger partial charge on any atom is -0.399 e. The Bertz CT molecular complexity index is 414. The van der Waals surface area contributed by atoms with Gasteiger partial charge in [0.25, 0.3) is 0 Å². The van der Waals surface area contributed by atoms with E-state index >= 15 is 0 Å². The average molecular weight is 235 g/mol. The van der Waals surface area contributed by atoms with E-state index < -0.39 is 0 Å². The number of anilines is 2. The van der Waals surface area contributed by atoms with Crippen molar-refractivity contribution in [1.29, 1.82) is 0 Å². The summed E-state index contributed by atoms with van der Waals surface area (Å²) in [4.78, 5) is 13.8. The molecule has 1 aromatic carbocycles. The molecule has 1 heterocycles. The van der Waals surface area contributed by atoms with Gasteiger partial charge in [0.1, 0.15) is 0 Å². The lowest BCUT2D eigenvalue weighted by Crippen LogP contribution is -2.41. The molecule has 17 heavy (non-hydrogen) atoms. The second-order valence-corrected chi connectivity index (χ2v) is 4.13. The number of amides is 1. The first kappa shape index (κ1) is 11.7. The summed E-state index contributed by atoms with van der Waals surface area (Å²) in [6.07, 6.45) is 0.326. The van der Waals surface area contributed by atoms with E-state index in [0.717, 1.165) is 5.56 Å². The first-order valence-electron chi connectivity index (χ1n) is 5.66. The Morgan fingerprint density at radius 1 is 1.29 bits per heavy atom. The van der Waals surface area contributed by atoms with Gasteiger partial charge in [-0.25, -0.2) is 0 Å². The number of rotatable bonds is 2. The van der Waals surface area contributed by atoms with Crippen molar-refractivity contribution in [2.45, 2.75) is 6.42 Å². The molecule has 5 nitrogen and oxygen atoms in total. The number of hydrogen-bond acceptors (Lipinski definition) is 4. The first-order chi connectivity index (χ1) is 8.16. The zero-order chi connectivity index (χ0) is 12.3. The molecular weight excluding hydrogens is 218 g/mol. The van der Waals surface area contributed by atoms with Crippen LogP contribution in [0.2, 0.25) is 0 Å². The lowest BCUT2D eigenvalue weighted by atomic mass is 10.1. The van der Waals surface area contributed by atoms with Crippen LogP contribution in [0.25, 0.3) is 0 Å². The molecule has 4 N–H and O–H groups in total. The molecule has 1 amide bonds. The maximum Gasteiger partial charge on any atom is 0.227 e. The van der Waals surface area contributed by atoms with Gasteiger partial charge in [0.05, 0.1) is 19.6 Å². The van der Waals surface area contributed by atoms with Gasteiger partial charge in [-0.1, -0.05) is 6.07 Å². The Morgan fingerprint density at radius 2 is 2.00 bits per heavy atom. The molecule has 1 aliphatic heterocycles. The SMILES string of the molecule is Nc1ccc(CC(=O)N2CCOCC2)c(N)c1. The zero-order valence-electron chi connectivity index (χ0n) is 9.69. The summed E-state index contributed by atoms with van der Waals surface area (Å²) < 4.78 is 5.20. The van der Waals surface area contributed by atoms with E-state index in [1.54, 1.807) is 17.0 Å². The van der Waals surface area contributed by atoms with E-state index in [0.29, 0.717) is 44.1 Å². The molecule has 0 aliphatic carbocycles. The molecule has 2 rings (SSSR count). The second-order valence-electron chi connectivity index (χ2n) is 4.13. The van der Waals surface area contributed by atoms with Crippen LogP contribution in [-0.2, 0) is 16.0 Å². The molecule has 1 fully saturated rings. The number of nitrogen functional groups attached to an aromatic ring is 2. The number of carbonyl (C=O) groups is 1. The molecule has 5 heteroatoms. The highest BCUT2D eigenvalue weighted by molar-refractivity contribution is 5.81. The Labute approximate surface area is 100 Å². The van der Waals surface area contributed by atoms with Gasteiger partial charge < -0.3 is 21.1 Å². The van der Waals surface area contributed by atoms with Crippen molar-refractivity contribution in [2.24, 2.45) is 0 Å². The summed E-state index contributed by atoms with van der Waals surface area (Å²) in [7, 11) is 0. The molecule has 0 spiro atoms. The third-order valence-corrected chi connectivity index (χ3v) is 2.88. The van der Waals surface area contributed by atoms with Crippen LogP contribution in [0.3, 0.4) is 0 Å². The maximum atomic E-state index is 12.0. The third kappa shape index (κ3) is 2.88. The monoisotopic (exact) mass is 235 g/mol. The van der Waals surface area contributed by atoms with Gasteiger partial charge in [-0.3, -0.25) is 4.79 Å². The van der Waals surface area contributed by atoms with E-state index in [1.807, 2.05) is 6.07 Å². The highest BCUT2D eigenvalue weighted by atomic mass is 16.5. The van der Waals surface area contributed by atoms with E-state index in [1.165, 1.54) is 0 Å². The Morgan fingerprint density at radius 3 is 2.65 bits per heavy atom. The smallest absolute Gasteiger partial charge is 0.227 e. The Kier molecular flexibility index (Phi) is 3.49. The first-order valence-corrected chi connectivity index (χ1v) is 5.66. The fraction of sp³-hybridized carbons (Fsp3) is 0.417. The Balaban J connectivity index is 2.02. The number of benzene rings is 1. The average Bonchev–Trinajstić information content (AvgIpc) is 2.34. The van der Waals surface area contributed by atoms with Crippen LogP contribution in [0.4, 0.5) is 11.4 Å². The number of nitrogens with two attached hydrogens (primary N) is 2. The van der Waals surface area contributed by atoms with E-state index in [9.17, 15) is 4.79 Å². The molecule has 1 aromatic rings. The van der Waals surface area contributed by atoms with Crippen molar-refractivity contribution in [2.75, 3.05) is 37.8 Å². The number of carbonyl (C=O) groups excluding carboxylic acids is 1. The van der Waals surface area contributed by atoms with E-state index in [-0.39, 0.29) is 5.91 Å². The standard InChI is InChI=1S/C12H17N3O2/c13-10-2-1-9(11(14)8-10)7-12(16)15-3-5-17-6-4-15/h1-2,8H,3-7,13-14H2. The highest BCUT2D eigenvalue weighted by Gasteiger charge is 2.17. The lowest BCUT2D eigenvalue weighted by molar-refractivity contribution is -0.134. The van der Waals surface area contributed by atoms with Crippen molar-refractivity contribution >= 4 is 17.3 Å². The molecule has 0 unspecified atom stereocenters. The van der Waals surface area contributed by atoms with Crippen LogP contribution in [0.1, 0.15) is 5.56 Å². The van der Waals surface area contributed by atoms with Crippen molar-refractivity contribution in [3.05, 3.63) is 23.8 Å². The number of nitrogens with zero attached hydrogens (tertiary/aromatic N) is 1. The van der Waals surface area contributed by atoms with Crippen LogP contribution >= 0.6 is 0 Å². The molecule has 0 radical (unpaired) electrons. The number of morpholine rings is 1. The molecule has 1 saturated heterocycles. The fourth-order valence-corrected chi connectivity index (χ4v) is 1.86. The lowest BCUT2D eigenvalue weighted by Gasteiger charge is -2.27. The molecule has 1 aliphatic rings. The van der Waals surface area contributed by atoms with Crippen molar-refractivity contribution in [3.8, 4) is 0 Å². The van der Waals surface area contributed by atoms with Crippen LogP contribution in [0.15, 0.2) is 18.2 Å². The summed E-state index contributed by atoms with van der Waals surface area (Å²) in [6.45, 7) is 2.55. The van der Waals surface area contributed by atoms with Gasteiger partial charge in [0.15, 0.2) is 0 Å². The normalized spacial score (nSPS) is 15.9. The van der Waals surface area contributed by atoms with Crippen LogP contribution in [0.5, 0.6) is 0 Å². The highest BCUT2D eigenvalue weighted by Crippen LogP contribution is 2.17. The van der Waals surface area contributed by atoms with Gasteiger partial charge in [-0.05, 0) is 17.7 Å². The van der Waals surface area contributed by atoms with Crippen LogP contribution < -0.4 is 11.5 Å². The molecule has 0 bridgehead atoms. The minimum atomic E-state index is 0.0878. The number of hydrogen-bond donors (Lipinski definition) is 2. The van der Waals surface area contributed by atoms with Gasteiger partial charge in [0.2, 0.25) is 5.91 Å². The van der Waals surface area contributed by atoms with Gasteiger partial charge >= 0.3 is 0 Å². The van der Waals surface area contributed by atoms with E-state index in [2.05, 4.69) is 0 Å². The molecule has 0 aromatic heterocycles. The predicted molar refractivity (Wildman–Crippen MR) is 66.4 cm³/mol. The van der Waals surface area contributed by atoms with Crippen LogP contribution in [-0.4, -0.2) is 37.1 Å². The Hall–Kier alpha value is -1.75. The quantitative estimate of drug-likeness (QED) is 0.720.